The highest BCUT2D eigenvalue weighted by atomic mass is 28.4. The lowest BCUT2D eigenvalue weighted by Crippen LogP contribution is -2.43. The standard InChI is InChI=1S/C11H23NO3Si/c1-11(2,3)16(4,5)14-8-10-9(7-13)6-12-15-10/h6,9-10,13H,7-8H2,1-5H3. The molecule has 0 saturated heterocycles. The molecule has 16 heavy (non-hydrogen) atoms. The van der Waals surface area contributed by atoms with Crippen molar-refractivity contribution < 1.29 is 14.4 Å². The van der Waals surface area contributed by atoms with E-state index in [1.807, 2.05) is 0 Å². The molecular weight excluding hydrogens is 222 g/mol. The van der Waals surface area contributed by atoms with Crippen molar-refractivity contribution in [1.82, 2.24) is 0 Å². The van der Waals surface area contributed by atoms with E-state index < -0.39 is 8.32 Å². The Morgan fingerprint density at radius 3 is 2.56 bits per heavy atom. The van der Waals surface area contributed by atoms with Crippen molar-refractivity contribution in [2.45, 2.75) is 45.0 Å². The zero-order chi connectivity index (χ0) is 12.4. The molecule has 5 heteroatoms. The van der Waals surface area contributed by atoms with Crippen molar-refractivity contribution in [3.8, 4) is 0 Å². The second-order valence-electron chi connectivity index (χ2n) is 5.82. The van der Waals surface area contributed by atoms with E-state index in [9.17, 15) is 0 Å². The molecule has 1 heterocycles. The largest absolute Gasteiger partial charge is 0.413 e. The Kier molecular flexibility index (Phi) is 4.15. The molecule has 0 aromatic heterocycles. The molecule has 1 aliphatic heterocycles. The van der Waals surface area contributed by atoms with E-state index in [0.717, 1.165) is 0 Å². The molecule has 2 unspecified atom stereocenters. The Balaban J connectivity index is 2.46. The summed E-state index contributed by atoms with van der Waals surface area (Å²) in [6.45, 7) is 11.6. The van der Waals surface area contributed by atoms with Gasteiger partial charge in [0.2, 0.25) is 0 Å². The van der Waals surface area contributed by atoms with Gasteiger partial charge in [-0.25, -0.2) is 0 Å². The van der Waals surface area contributed by atoms with Gasteiger partial charge in [-0.05, 0) is 18.1 Å². The Morgan fingerprint density at radius 2 is 2.06 bits per heavy atom. The van der Waals surface area contributed by atoms with Crippen LogP contribution in [0.5, 0.6) is 0 Å². The average Bonchev–Trinajstić information content (AvgIpc) is 2.60. The summed E-state index contributed by atoms with van der Waals surface area (Å²) in [7, 11) is -1.73. The van der Waals surface area contributed by atoms with Gasteiger partial charge in [-0.3, -0.25) is 0 Å². The number of oxime groups is 1. The van der Waals surface area contributed by atoms with E-state index in [4.69, 9.17) is 14.4 Å². The maximum atomic E-state index is 9.11. The molecule has 0 spiro atoms. The number of aliphatic hydroxyl groups excluding tert-OH is 1. The summed E-state index contributed by atoms with van der Waals surface area (Å²) in [5.41, 5.74) is 0. The molecular formula is C11H23NO3Si. The van der Waals surface area contributed by atoms with Gasteiger partial charge in [-0.1, -0.05) is 25.9 Å². The van der Waals surface area contributed by atoms with Crippen LogP contribution in [0.2, 0.25) is 18.1 Å². The summed E-state index contributed by atoms with van der Waals surface area (Å²) < 4.78 is 6.03. The molecule has 0 aromatic rings. The summed E-state index contributed by atoms with van der Waals surface area (Å²) in [4.78, 5) is 5.17. The third-order valence-corrected chi connectivity index (χ3v) is 8.05. The molecule has 2 atom stereocenters. The minimum Gasteiger partial charge on any atom is -0.413 e. The van der Waals surface area contributed by atoms with E-state index in [1.54, 1.807) is 6.21 Å². The number of rotatable bonds is 4. The van der Waals surface area contributed by atoms with E-state index in [2.05, 4.69) is 39.0 Å². The van der Waals surface area contributed by atoms with Crippen LogP contribution in [0, 0.1) is 5.92 Å². The Hall–Kier alpha value is -0.393. The predicted octanol–water partition coefficient (Wildman–Crippen LogP) is 2.00. The van der Waals surface area contributed by atoms with Crippen LogP contribution >= 0.6 is 0 Å². The van der Waals surface area contributed by atoms with Gasteiger partial charge in [-0.2, -0.15) is 0 Å². The molecule has 1 rings (SSSR count). The predicted molar refractivity (Wildman–Crippen MR) is 67.1 cm³/mol. The topological polar surface area (TPSA) is 51.0 Å². The highest BCUT2D eigenvalue weighted by Crippen LogP contribution is 2.36. The zero-order valence-electron chi connectivity index (χ0n) is 10.9. The van der Waals surface area contributed by atoms with Gasteiger partial charge in [0.05, 0.1) is 25.3 Å². The van der Waals surface area contributed by atoms with Crippen LogP contribution in [0.4, 0.5) is 0 Å². The Labute approximate surface area is 98.8 Å². The van der Waals surface area contributed by atoms with Gasteiger partial charge in [0.1, 0.15) is 0 Å². The van der Waals surface area contributed by atoms with Gasteiger partial charge in [0.15, 0.2) is 14.4 Å². The van der Waals surface area contributed by atoms with Crippen LogP contribution in [0.25, 0.3) is 0 Å². The average molecular weight is 245 g/mol. The van der Waals surface area contributed by atoms with Crippen LogP contribution in [0.3, 0.4) is 0 Å². The molecule has 0 amide bonds. The Bertz CT molecular complexity index is 260. The molecule has 0 saturated carbocycles. The molecule has 0 aliphatic carbocycles. The van der Waals surface area contributed by atoms with E-state index >= 15 is 0 Å². The fourth-order valence-electron chi connectivity index (χ4n) is 1.19. The third kappa shape index (κ3) is 3.05. The van der Waals surface area contributed by atoms with Gasteiger partial charge in [0.25, 0.3) is 0 Å². The minimum atomic E-state index is -1.73. The van der Waals surface area contributed by atoms with Crippen molar-refractivity contribution >= 4 is 14.5 Å². The molecule has 1 aliphatic rings. The van der Waals surface area contributed by atoms with Crippen molar-refractivity contribution in [3.63, 3.8) is 0 Å². The quantitative estimate of drug-likeness (QED) is 0.771. The van der Waals surface area contributed by atoms with Crippen molar-refractivity contribution in [1.29, 1.82) is 0 Å². The van der Waals surface area contributed by atoms with Crippen LogP contribution in [-0.4, -0.2) is 39.0 Å². The first-order valence-corrected chi connectivity index (χ1v) is 8.63. The highest BCUT2D eigenvalue weighted by molar-refractivity contribution is 6.74. The maximum absolute atomic E-state index is 9.11. The van der Waals surface area contributed by atoms with Crippen molar-refractivity contribution in [2.75, 3.05) is 13.2 Å². The molecule has 94 valence electrons. The summed E-state index contributed by atoms with van der Waals surface area (Å²) in [5.74, 6) is -0.0234. The highest BCUT2D eigenvalue weighted by Gasteiger charge is 2.39. The SMILES string of the molecule is CC(C)(C)[Si](C)(C)OCC1ON=CC1CO. The molecule has 4 nitrogen and oxygen atoms in total. The van der Waals surface area contributed by atoms with Gasteiger partial charge in [0, 0.05) is 0 Å². The van der Waals surface area contributed by atoms with Crippen molar-refractivity contribution in [2.24, 2.45) is 11.1 Å². The number of hydrogen-bond acceptors (Lipinski definition) is 4. The zero-order valence-corrected chi connectivity index (χ0v) is 11.9. The lowest BCUT2D eigenvalue weighted by atomic mass is 10.1. The minimum absolute atomic E-state index is 0.0234. The summed E-state index contributed by atoms with van der Waals surface area (Å²) in [6.07, 6.45) is 1.53. The monoisotopic (exact) mass is 245 g/mol. The van der Waals surface area contributed by atoms with Gasteiger partial charge < -0.3 is 14.4 Å². The fraction of sp³-hybridized carbons (Fsp3) is 0.909. The lowest BCUT2D eigenvalue weighted by Gasteiger charge is -2.36. The Morgan fingerprint density at radius 1 is 1.44 bits per heavy atom. The van der Waals surface area contributed by atoms with E-state index in [0.29, 0.717) is 6.61 Å². The number of nitrogens with zero attached hydrogens (tertiary/aromatic N) is 1. The van der Waals surface area contributed by atoms with Crippen LogP contribution in [0.1, 0.15) is 20.8 Å². The normalized spacial score (nSPS) is 25.9. The first-order chi connectivity index (χ1) is 7.28. The van der Waals surface area contributed by atoms with Crippen LogP contribution in [0.15, 0.2) is 5.16 Å². The summed E-state index contributed by atoms with van der Waals surface area (Å²) in [6, 6.07) is 0. The molecule has 1 N–H and O–H groups in total. The van der Waals surface area contributed by atoms with E-state index in [-0.39, 0.29) is 23.7 Å². The molecule has 0 bridgehead atoms. The molecule has 0 radical (unpaired) electrons. The molecule has 0 fully saturated rings. The first kappa shape index (κ1) is 13.7. The van der Waals surface area contributed by atoms with Gasteiger partial charge >= 0.3 is 0 Å². The number of hydrogen-bond donors (Lipinski definition) is 1. The maximum Gasteiger partial charge on any atom is 0.192 e. The van der Waals surface area contributed by atoms with Crippen LogP contribution < -0.4 is 0 Å². The smallest absolute Gasteiger partial charge is 0.192 e. The second-order valence-corrected chi connectivity index (χ2v) is 10.6. The summed E-state index contributed by atoms with van der Waals surface area (Å²) in [5, 5.41) is 13.0. The first-order valence-electron chi connectivity index (χ1n) is 5.72. The third-order valence-electron chi connectivity index (χ3n) is 3.55. The second kappa shape index (κ2) is 4.85. The summed E-state index contributed by atoms with van der Waals surface area (Å²) >= 11 is 0. The van der Waals surface area contributed by atoms with E-state index in [1.165, 1.54) is 0 Å². The lowest BCUT2D eigenvalue weighted by molar-refractivity contribution is 0.0101. The number of aliphatic hydroxyl groups is 1. The van der Waals surface area contributed by atoms with Gasteiger partial charge in [-0.15, -0.1) is 0 Å². The molecule has 0 aromatic carbocycles. The van der Waals surface area contributed by atoms with Crippen LogP contribution in [-0.2, 0) is 9.26 Å². The van der Waals surface area contributed by atoms with Crippen molar-refractivity contribution in [3.05, 3.63) is 0 Å². The fourth-order valence-corrected chi connectivity index (χ4v) is 2.21.